The van der Waals surface area contributed by atoms with Gasteiger partial charge in [-0.15, -0.1) is 12.4 Å². The third-order valence-corrected chi connectivity index (χ3v) is 3.99. The molecule has 3 N–H and O–H groups in total. The van der Waals surface area contributed by atoms with Crippen molar-refractivity contribution in [1.82, 2.24) is 10.2 Å². The van der Waals surface area contributed by atoms with Crippen LogP contribution in [0.5, 0.6) is 0 Å². The summed E-state index contributed by atoms with van der Waals surface area (Å²) in [6.45, 7) is 8.50. The molecule has 0 aromatic carbocycles. The van der Waals surface area contributed by atoms with Crippen LogP contribution in [0.15, 0.2) is 22.8 Å². The van der Waals surface area contributed by atoms with Crippen molar-refractivity contribution in [2.24, 2.45) is 17.6 Å². The SMILES string of the molecule is CC(C)C(N)CCN(C)C(=O)C(NC(=O)c1ccco1)C(C)C.Cl. The van der Waals surface area contributed by atoms with Crippen LogP contribution in [0.2, 0.25) is 0 Å². The van der Waals surface area contributed by atoms with Gasteiger partial charge in [0.25, 0.3) is 5.91 Å². The summed E-state index contributed by atoms with van der Waals surface area (Å²) in [6.07, 6.45) is 2.16. The number of likely N-dealkylation sites (N-methyl/N-ethyl adjacent to an activating group) is 1. The van der Waals surface area contributed by atoms with Crippen molar-refractivity contribution in [3.63, 3.8) is 0 Å². The first kappa shape index (κ1) is 22.5. The maximum atomic E-state index is 12.6. The van der Waals surface area contributed by atoms with Crippen LogP contribution >= 0.6 is 12.4 Å². The van der Waals surface area contributed by atoms with Gasteiger partial charge < -0.3 is 20.4 Å². The Morgan fingerprint density at radius 3 is 2.33 bits per heavy atom. The second kappa shape index (κ2) is 10.4. The molecule has 1 heterocycles. The quantitative estimate of drug-likeness (QED) is 0.745. The monoisotopic (exact) mass is 359 g/mol. The van der Waals surface area contributed by atoms with Crippen molar-refractivity contribution in [1.29, 1.82) is 0 Å². The molecule has 0 aliphatic rings. The van der Waals surface area contributed by atoms with Crippen molar-refractivity contribution in [3.8, 4) is 0 Å². The lowest BCUT2D eigenvalue weighted by Crippen LogP contribution is -2.50. The zero-order valence-corrected chi connectivity index (χ0v) is 15.9. The summed E-state index contributed by atoms with van der Waals surface area (Å²) in [6, 6.07) is 2.68. The largest absolute Gasteiger partial charge is 0.459 e. The number of furan rings is 1. The van der Waals surface area contributed by atoms with Crippen LogP contribution in [0.3, 0.4) is 0 Å². The smallest absolute Gasteiger partial charge is 0.287 e. The lowest BCUT2D eigenvalue weighted by atomic mass is 10.0. The van der Waals surface area contributed by atoms with Crippen molar-refractivity contribution in [2.45, 2.75) is 46.2 Å². The molecule has 0 radical (unpaired) electrons. The highest BCUT2D eigenvalue weighted by molar-refractivity contribution is 5.95. The zero-order valence-electron chi connectivity index (χ0n) is 15.1. The molecule has 0 spiro atoms. The molecular weight excluding hydrogens is 330 g/mol. The number of nitrogens with one attached hydrogen (secondary N) is 1. The highest BCUT2D eigenvalue weighted by Gasteiger charge is 2.28. The fourth-order valence-electron chi connectivity index (χ4n) is 2.16. The van der Waals surface area contributed by atoms with E-state index < -0.39 is 6.04 Å². The van der Waals surface area contributed by atoms with Crippen LogP contribution in [0.1, 0.15) is 44.7 Å². The first-order chi connectivity index (χ1) is 10.7. The van der Waals surface area contributed by atoms with E-state index in [2.05, 4.69) is 19.2 Å². The molecule has 0 fully saturated rings. The van der Waals surface area contributed by atoms with Gasteiger partial charge in [0.15, 0.2) is 5.76 Å². The molecule has 24 heavy (non-hydrogen) atoms. The van der Waals surface area contributed by atoms with Crippen LogP contribution in [0, 0.1) is 11.8 Å². The van der Waals surface area contributed by atoms with Crippen LogP contribution in [0.4, 0.5) is 0 Å². The summed E-state index contributed by atoms with van der Waals surface area (Å²) in [5.74, 6) is 0.0545. The molecule has 0 saturated heterocycles. The fraction of sp³-hybridized carbons (Fsp3) is 0.647. The summed E-state index contributed by atoms with van der Waals surface area (Å²) < 4.78 is 5.07. The van der Waals surface area contributed by atoms with Gasteiger partial charge in [-0.05, 0) is 30.4 Å². The minimum atomic E-state index is -0.590. The Balaban J connectivity index is 0.00000529. The van der Waals surface area contributed by atoms with Crippen molar-refractivity contribution in [3.05, 3.63) is 24.2 Å². The predicted octanol–water partition coefficient (Wildman–Crippen LogP) is 2.29. The van der Waals surface area contributed by atoms with Crippen molar-refractivity contribution < 1.29 is 14.0 Å². The Morgan fingerprint density at radius 2 is 1.88 bits per heavy atom. The molecule has 138 valence electrons. The molecule has 0 aliphatic heterocycles. The van der Waals surface area contributed by atoms with Crippen molar-refractivity contribution in [2.75, 3.05) is 13.6 Å². The number of nitrogens with two attached hydrogens (primary N) is 1. The Morgan fingerprint density at radius 1 is 1.25 bits per heavy atom. The van der Waals surface area contributed by atoms with Gasteiger partial charge in [-0.2, -0.15) is 0 Å². The molecule has 1 aromatic heterocycles. The molecule has 1 aromatic rings. The van der Waals surface area contributed by atoms with Gasteiger partial charge in [0.05, 0.1) is 6.26 Å². The molecular formula is C17H30ClN3O3. The average molecular weight is 360 g/mol. The summed E-state index contributed by atoms with van der Waals surface area (Å²) in [5, 5.41) is 2.75. The zero-order chi connectivity index (χ0) is 17.6. The lowest BCUT2D eigenvalue weighted by molar-refractivity contribution is -0.133. The Kier molecular flexibility index (Phi) is 9.70. The second-order valence-electron chi connectivity index (χ2n) is 6.63. The minimum Gasteiger partial charge on any atom is -0.459 e. The van der Waals surface area contributed by atoms with E-state index >= 15 is 0 Å². The molecule has 2 atom stereocenters. The van der Waals surface area contributed by atoms with Gasteiger partial charge >= 0.3 is 0 Å². The van der Waals surface area contributed by atoms with Gasteiger partial charge in [-0.25, -0.2) is 0 Å². The van der Waals surface area contributed by atoms with E-state index in [9.17, 15) is 9.59 Å². The number of hydrogen-bond acceptors (Lipinski definition) is 4. The molecule has 0 bridgehead atoms. The number of carbonyl (C=O) groups excluding carboxylic acids is 2. The van der Waals surface area contributed by atoms with Crippen LogP contribution in [-0.2, 0) is 4.79 Å². The van der Waals surface area contributed by atoms with Crippen LogP contribution < -0.4 is 11.1 Å². The number of carbonyl (C=O) groups is 2. The van der Waals surface area contributed by atoms with E-state index in [1.807, 2.05) is 13.8 Å². The topological polar surface area (TPSA) is 88.6 Å². The fourth-order valence-corrected chi connectivity index (χ4v) is 2.16. The predicted molar refractivity (Wildman–Crippen MR) is 97.1 cm³/mol. The van der Waals surface area contributed by atoms with E-state index in [1.165, 1.54) is 6.26 Å². The Labute approximate surface area is 150 Å². The Hall–Kier alpha value is -1.53. The number of amides is 2. The maximum Gasteiger partial charge on any atom is 0.287 e. The third kappa shape index (κ3) is 6.53. The van der Waals surface area contributed by atoms with E-state index in [4.69, 9.17) is 10.2 Å². The first-order valence-electron chi connectivity index (χ1n) is 8.09. The van der Waals surface area contributed by atoms with Crippen molar-refractivity contribution >= 4 is 24.2 Å². The molecule has 2 unspecified atom stereocenters. The van der Waals surface area contributed by atoms with Gasteiger partial charge in [-0.1, -0.05) is 27.7 Å². The highest BCUT2D eigenvalue weighted by atomic mass is 35.5. The van der Waals surface area contributed by atoms with Gasteiger partial charge in [-0.3, -0.25) is 9.59 Å². The summed E-state index contributed by atoms with van der Waals surface area (Å²) in [4.78, 5) is 26.4. The van der Waals surface area contributed by atoms with Crippen LogP contribution in [-0.4, -0.2) is 42.4 Å². The van der Waals surface area contributed by atoms with E-state index in [0.29, 0.717) is 12.5 Å². The molecule has 6 nitrogen and oxygen atoms in total. The molecule has 2 amide bonds. The number of hydrogen-bond donors (Lipinski definition) is 2. The summed E-state index contributed by atoms with van der Waals surface area (Å²) in [7, 11) is 1.74. The minimum absolute atomic E-state index is 0. The van der Waals surface area contributed by atoms with Gasteiger partial charge in [0.1, 0.15) is 6.04 Å². The van der Waals surface area contributed by atoms with Gasteiger partial charge in [0, 0.05) is 19.6 Å². The Bertz CT molecular complexity index is 503. The standard InChI is InChI=1S/C17H29N3O3.ClH/c1-11(2)13(18)8-9-20(5)17(22)15(12(3)4)19-16(21)14-7-6-10-23-14;/h6-7,10-13,15H,8-9,18H2,1-5H3,(H,19,21);1H. The van der Waals surface area contributed by atoms with E-state index in [-0.39, 0.29) is 41.9 Å². The molecule has 0 aliphatic carbocycles. The lowest BCUT2D eigenvalue weighted by Gasteiger charge is -2.28. The van der Waals surface area contributed by atoms with Gasteiger partial charge in [0.2, 0.25) is 5.91 Å². The maximum absolute atomic E-state index is 12.6. The average Bonchev–Trinajstić information content (AvgIpc) is 3.02. The number of rotatable bonds is 8. The number of halogens is 1. The number of nitrogens with zero attached hydrogens (tertiary/aromatic N) is 1. The molecule has 1 rings (SSSR count). The van der Waals surface area contributed by atoms with Crippen LogP contribution in [0.25, 0.3) is 0 Å². The summed E-state index contributed by atoms with van der Waals surface area (Å²) in [5.41, 5.74) is 6.03. The first-order valence-corrected chi connectivity index (χ1v) is 8.09. The van der Waals surface area contributed by atoms with E-state index in [1.54, 1.807) is 24.1 Å². The molecule has 0 saturated carbocycles. The normalized spacial score (nSPS) is 13.3. The highest BCUT2D eigenvalue weighted by Crippen LogP contribution is 2.10. The third-order valence-electron chi connectivity index (χ3n) is 3.99. The van der Waals surface area contributed by atoms with E-state index in [0.717, 1.165) is 6.42 Å². The second-order valence-corrected chi connectivity index (χ2v) is 6.63. The summed E-state index contributed by atoms with van der Waals surface area (Å²) >= 11 is 0. The molecule has 7 heteroatoms.